The van der Waals surface area contributed by atoms with Crippen molar-refractivity contribution in [3.8, 4) is 0 Å². The van der Waals surface area contributed by atoms with Gasteiger partial charge in [-0.15, -0.1) is 0 Å². The molecule has 1 atom stereocenters. The van der Waals surface area contributed by atoms with Crippen LogP contribution in [0.15, 0.2) is 17.0 Å². The van der Waals surface area contributed by atoms with Crippen LogP contribution in [0.1, 0.15) is 12.0 Å². The van der Waals surface area contributed by atoms with Crippen molar-refractivity contribution in [2.45, 2.75) is 18.2 Å². The molecule has 0 spiro atoms. The van der Waals surface area contributed by atoms with Crippen molar-refractivity contribution in [1.29, 1.82) is 0 Å². The molecule has 3 N–H and O–H groups in total. The first-order valence-electron chi connectivity index (χ1n) is 6.03. The Kier molecular flexibility index (Phi) is 3.80. The number of benzene rings is 1. The Morgan fingerprint density at radius 1 is 1.53 bits per heavy atom. The third kappa shape index (κ3) is 2.58. The molecule has 1 heterocycles. The molecule has 0 aromatic heterocycles. The summed E-state index contributed by atoms with van der Waals surface area (Å²) < 4.78 is 39.8. The van der Waals surface area contributed by atoms with Crippen LogP contribution in [-0.2, 0) is 10.0 Å². The number of hydrogen-bond donors (Lipinski definition) is 2. The molecule has 1 aliphatic heterocycles. The molecular formula is C12H17FN2O3S. The molecule has 106 valence electrons. The quantitative estimate of drug-likeness (QED) is 0.803. The Hall–Kier alpha value is -1.18. The molecule has 0 radical (unpaired) electrons. The van der Waals surface area contributed by atoms with Gasteiger partial charge in [-0.05, 0) is 31.4 Å². The van der Waals surface area contributed by atoms with E-state index in [1.165, 1.54) is 17.3 Å². The van der Waals surface area contributed by atoms with E-state index in [-0.39, 0.29) is 35.2 Å². The highest BCUT2D eigenvalue weighted by atomic mass is 32.2. The zero-order chi connectivity index (χ0) is 14.2. The fourth-order valence-corrected chi connectivity index (χ4v) is 4.05. The van der Waals surface area contributed by atoms with Gasteiger partial charge in [0.15, 0.2) is 0 Å². The highest BCUT2D eigenvalue weighted by molar-refractivity contribution is 7.89. The fraction of sp³-hybridized carbons (Fsp3) is 0.500. The highest BCUT2D eigenvalue weighted by Gasteiger charge is 2.33. The van der Waals surface area contributed by atoms with Gasteiger partial charge in [-0.3, -0.25) is 0 Å². The molecule has 1 aromatic rings. The van der Waals surface area contributed by atoms with Crippen LogP contribution in [-0.4, -0.2) is 37.5 Å². The molecule has 19 heavy (non-hydrogen) atoms. The van der Waals surface area contributed by atoms with Crippen molar-refractivity contribution < 1.29 is 17.9 Å². The summed E-state index contributed by atoms with van der Waals surface area (Å²) in [5, 5.41) is 9.06. The number of nitrogens with zero attached hydrogens (tertiary/aromatic N) is 1. The number of halogens is 1. The first kappa shape index (κ1) is 14.2. The normalized spacial score (nSPS) is 20.9. The van der Waals surface area contributed by atoms with Crippen LogP contribution in [0.5, 0.6) is 0 Å². The molecule has 1 aromatic carbocycles. The topological polar surface area (TPSA) is 83.6 Å². The third-order valence-corrected chi connectivity index (χ3v) is 5.43. The average Bonchev–Trinajstić information content (AvgIpc) is 2.83. The summed E-state index contributed by atoms with van der Waals surface area (Å²) in [5.74, 6) is -0.683. The third-order valence-electron chi connectivity index (χ3n) is 3.44. The van der Waals surface area contributed by atoms with E-state index in [2.05, 4.69) is 0 Å². The van der Waals surface area contributed by atoms with Gasteiger partial charge in [-0.2, -0.15) is 4.31 Å². The van der Waals surface area contributed by atoms with Gasteiger partial charge in [-0.1, -0.05) is 0 Å². The Labute approximate surface area is 111 Å². The molecular weight excluding hydrogens is 271 g/mol. The van der Waals surface area contributed by atoms with Gasteiger partial charge in [0.25, 0.3) is 0 Å². The number of rotatable bonds is 3. The van der Waals surface area contributed by atoms with E-state index in [0.717, 1.165) is 6.07 Å². The van der Waals surface area contributed by atoms with E-state index in [9.17, 15) is 12.8 Å². The lowest BCUT2D eigenvalue weighted by Crippen LogP contribution is -2.30. The Bertz CT molecular complexity index is 589. The predicted octanol–water partition coefficient (Wildman–Crippen LogP) is 0.719. The van der Waals surface area contributed by atoms with Crippen molar-refractivity contribution >= 4 is 15.7 Å². The summed E-state index contributed by atoms with van der Waals surface area (Å²) in [6.07, 6.45) is 0.611. The smallest absolute Gasteiger partial charge is 0.243 e. The van der Waals surface area contributed by atoms with Crippen LogP contribution >= 0.6 is 0 Å². The molecule has 1 aliphatic rings. The van der Waals surface area contributed by atoms with E-state index in [1.807, 2.05) is 0 Å². The molecule has 0 saturated carbocycles. The van der Waals surface area contributed by atoms with Crippen molar-refractivity contribution in [2.24, 2.45) is 5.92 Å². The lowest BCUT2D eigenvalue weighted by Gasteiger charge is -2.18. The van der Waals surface area contributed by atoms with Gasteiger partial charge in [0, 0.05) is 30.9 Å². The summed E-state index contributed by atoms with van der Waals surface area (Å²) in [4.78, 5) is -0.0939. The lowest BCUT2D eigenvalue weighted by atomic mass is 10.1. The van der Waals surface area contributed by atoms with Crippen LogP contribution in [0.4, 0.5) is 10.1 Å². The molecule has 0 amide bonds. The molecule has 2 rings (SSSR count). The van der Waals surface area contributed by atoms with Crippen molar-refractivity contribution in [1.82, 2.24) is 4.31 Å². The number of anilines is 1. The van der Waals surface area contributed by atoms with Crippen LogP contribution < -0.4 is 5.73 Å². The minimum atomic E-state index is -3.76. The number of hydrogen-bond acceptors (Lipinski definition) is 4. The Morgan fingerprint density at radius 2 is 2.21 bits per heavy atom. The number of nitrogens with two attached hydrogens (primary N) is 1. The van der Waals surface area contributed by atoms with E-state index in [0.29, 0.717) is 13.0 Å². The zero-order valence-corrected chi connectivity index (χ0v) is 11.5. The Morgan fingerprint density at radius 3 is 2.79 bits per heavy atom. The van der Waals surface area contributed by atoms with Crippen LogP contribution in [0.2, 0.25) is 0 Å². The van der Waals surface area contributed by atoms with E-state index >= 15 is 0 Å². The number of aliphatic hydroxyl groups is 1. The fourth-order valence-electron chi connectivity index (χ4n) is 2.25. The van der Waals surface area contributed by atoms with Gasteiger partial charge in [-0.25, -0.2) is 12.8 Å². The van der Waals surface area contributed by atoms with E-state index in [4.69, 9.17) is 10.8 Å². The minimum Gasteiger partial charge on any atom is -0.399 e. The monoisotopic (exact) mass is 288 g/mol. The standard InChI is InChI=1S/C12H17FN2O3S/c1-8-11(13)4-10(14)5-12(8)19(17,18)15-3-2-9(6-15)7-16/h4-5,9,16H,2-3,6-7,14H2,1H3. The number of sulfonamides is 1. The molecule has 1 fully saturated rings. The Balaban J connectivity index is 2.41. The molecule has 1 unspecified atom stereocenters. The van der Waals surface area contributed by atoms with Gasteiger partial charge in [0.1, 0.15) is 5.82 Å². The maximum Gasteiger partial charge on any atom is 0.243 e. The largest absolute Gasteiger partial charge is 0.399 e. The predicted molar refractivity (Wildman–Crippen MR) is 69.5 cm³/mol. The summed E-state index contributed by atoms with van der Waals surface area (Å²) in [5.41, 5.74) is 5.67. The molecule has 5 nitrogen and oxygen atoms in total. The van der Waals surface area contributed by atoms with E-state index in [1.54, 1.807) is 0 Å². The van der Waals surface area contributed by atoms with Gasteiger partial charge < -0.3 is 10.8 Å². The van der Waals surface area contributed by atoms with E-state index < -0.39 is 15.8 Å². The van der Waals surface area contributed by atoms with Crippen molar-refractivity contribution in [3.63, 3.8) is 0 Å². The van der Waals surface area contributed by atoms with Gasteiger partial charge in [0.2, 0.25) is 10.0 Å². The maximum atomic E-state index is 13.6. The summed E-state index contributed by atoms with van der Waals surface area (Å²) in [6, 6.07) is 2.38. The van der Waals surface area contributed by atoms with Crippen LogP contribution in [0.3, 0.4) is 0 Å². The molecule has 7 heteroatoms. The second kappa shape index (κ2) is 5.07. The SMILES string of the molecule is Cc1c(F)cc(N)cc1S(=O)(=O)N1CCC(CO)C1. The molecule has 1 saturated heterocycles. The van der Waals surface area contributed by atoms with Gasteiger partial charge >= 0.3 is 0 Å². The van der Waals surface area contributed by atoms with Crippen LogP contribution in [0, 0.1) is 18.7 Å². The van der Waals surface area contributed by atoms with Crippen molar-refractivity contribution in [3.05, 3.63) is 23.5 Å². The number of nitrogen functional groups attached to an aromatic ring is 1. The first-order chi connectivity index (χ1) is 8.86. The summed E-state index contributed by atoms with van der Waals surface area (Å²) in [7, 11) is -3.76. The van der Waals surface area contributed by atoms with Gasteiger partial charge in [0.05, 0.1) is 4.90 Å². The summed E-state index contributed by atoms with van der Waals surface area (Å²) >= 11 is 0. The summed E-state index contributed by atoms with van der Waals surface area (Å²) in [6.45, 7) is 1.97. The first-order valence-corrected chi connectivity index (χ1v) is 7.47. The highest BCUT2D eigenvalue weighted by Crippen LogP contribution is 2.28. The zero-order valence-electron chi connectivity index (χ0n) is 10.6. The second-order valence-corrected chi connectivity index (χ2v) is 6.73. The van der Waals surface area contributed by atoms with Crippen LogP contribution in [0.25, 0.3) is 0 Å². The average molecular weight is 288 g/mol. The van der Waals surface area contributed by atoms with Crippen molar-refractivity contribution in [2.75, 3.05) is 25.4 Å². The second-order valence-electron chi connectivity index (χ2n) is 4.83. The maximum absolute atomic E-state index is 13.6. The molecule has 0 aliphatic carbocycles. The number of aliphatic hydroxyl groups excluding tert-OH is 1. The molecule has 0 bridgehead atoms. The minimum absolute atomic E-state index is 0.0453. The lowest BCUT2D eigenvalue weighted by molar-refractivity contribution is 0.233.